The predicted molar refractivity (Wildman–Crippen MR) is 41.2 cm³/mol. The Labute approximate surface area is 69.3 Å². The first-order valence-corrected chi connectivity index (χ1v) is 3.29. The summed E-state index contributed by atoms with van der Waals surface area (Å²) in [4.78, 5) is 0. The molecular formula is C8H9FO3. The summed E-state index contributed by atoms with van der Waals surface area (Å²) in [7, 11) is 2.72. The van der Waals surface area contributed by atoms with Crippen LogP contribution in [0.4, 0.5) is 4.39 Å². The molecular weight excluding hydrogens is 163 g/mol. The van der Waals surface area contributed by atoms with Crippen molar-refractivity contribution in [3.05, 3.63) is 17.9 Å². The summed E-state index contributed by atoms with van der Waals surface area (Å²) in [6.45, 7) is 0. The van der Waals surface area contributed by atoms with Crippen LogP contribution in [0.3, 0.4) is 0 Å². The lowest BCUT2D eigenvalue weighted by molar-refractivity contribution is 0.351. The van der Waals surface area contributed by atoms with Gasteiger partial charge in [0.05, 0.1) is 14.2 Å². The summed E-state index contributed by atoms with van der Waals surface area (Å²) in [5.41, 5.74) is 0. The van der Waals surface area contributed by atoms with Crippen molar-refractivity contribution in [1.29, 1.82) is 0 Å². The first-order valence-electron chi connectivity index (χ1n) is 3.29. The zero-order chi connectivity index (χ0) is 9.14. The normalized spacial score (nSPS) is 9.58. The molecule has 1 N–H and O–H groups in total. The summed E-state index contributed by atoms with van der Waals surface area (Å²) in [5, 5.41) is 9.09. The van der Waals surface area contributed by atoms with Crippen LogP contribution in [0.1, 0.15) is 0 Å². The number of hydrogen-bond donors (Lipinski definition) is 1. The van der Waals surface area contributed by atoms with Crippen molar-refractivity contribution < 1.29 is 19.0 Å². The molecule has 0 amide bonds. The highest BCUT2D eigenvalue weighted by molar-refractivity contribution is 5.45. The highest BCUT2D eigenvalue weighted by atomic mass is 19.1. The number of halogens is 1. The number of rotatable bonds is 2. The van der Waals surface area contributed by atoms with E-state index in [-0.39, 0.29) is 17.2 Å². The van der Waals surface area contributed by atoms with Gasteiger partial charge in [-0.1, -0.05) is 0 Å². The third-order valence-corrected chi connectivity index (χ3v) is 1.45. The topological polar surface area (TPSA) is 38.7 Å². The van der Waals surface area contributed by atoms with Gasteiger partial charge in [0.2, 0.25) is 0 Å². The Hall–Kier alpha value is -1.45. The molecule has 0 bridgehead atoms. The van der Waals surface area contributed by atoms with E-state index in [0.29, 0.717) is 0 Å². The molecule has 0 atom stereocenters. The molecule has 0 saturated carbocycles. The predicted octanol–water partition coefficient (Wildman–Crippen LogP) is 1.55. The molecule has 0 heterocycles. The summed E-state index contributed by atoms with van der Waals surface area (Å²) in [6, 6.07) is 2.22. The molecule has 0 aromatic heterocycles. The lowest BCUT2D eigenvalue weighted by Crippen LogP contribution is -1.90. The number of aromatic hydroxyl groups is 1. The zero-order valence-corrected chi connectivity index (χ0v) is 6.80. The van der Waals surface area contributed by atoms with Crippen molar-refractivity contribution in [2.45, 2.75) is 0 Å². The van der Waals surface area contributed by atoms with Gasteiger partial charge in [-0.2, -0.15) is 0 Å². The first-order chi connectivity index (χ1) is 5.69. The van der Waals surface area contributed by atoms with E-state index in [1.54, 1.807) is 0 Å². The molecule has 1 aromatic rings. The maximum Gasteiger partial charge on any atom is 0.169 e. The van der Waals surface area contributed by atoms with Crippen LogP contribution in [-0.2, 0) is 0 Å². The van der Waals surface area contributed by atoms with Crippen LogP contribution in [0.2, 0.25) is 0 Å². The molecule has 0 spiro atoms. The number of phenols is 1. The van der Waals surface area contributed by atoms with E-state index >= 15 is 0 Å². The Bertz CT molecular complexity index is 261. The van der Waals surface area contributed by atoms with E-state index in [1.807, 2.05) is 0 Å². The van der Waals surface area contributed by atoms with E-state index in [2.05, 4.69) is 4.74 Å². The summed E-state index contributed by atoms with van der Waals surface area (Å²) in [5.74, 6) is -0.621. The third-order valence-electron chi connectivity index (χ3n) is 1.45. The van der Waals surface area contributed by atoms with Gasteiger partial charge in [0.1, 0.15) is 0 Å². The lowest BCUT2D eigenvalue weighted by Gasteiger charge is -2.06. The number of ether oxygens (including phenoxy) is 2. The van der Waals surface area contributed by atoms with Crippen LogP contribution in [-0.4, -0.2) is 19.3 Å². The van der Waals surface area contributed by atoms with E-state index in [4.69, 9.17) is 9.84 Å². The van der Waals surface area contributed by atoms with Crippen LogP contribution in [0.5, 0.6) is 17.2 Å². The molecule has 0 aliphatic rings. The van der Waals surface area contributed by atoms with Gasteiger partial charge in [0, 0.05) is 12.1 Å². The van der Waals surface area contributed by atoms with E-state index in [1.165, 1.54) is 20.3 Å². The Balaban J connectivity index is 3.18. The highest BCUT2D eigenvalue weighted by Crippen LogP contribution is 2.32. The monoisotopic (exact) mass is 172 g/mol. The minimum absolute atomic E-state index is 0.0460. The standard InChI is InChI=1S/C8H9FO3/c1-11-7-4-8(12-2)6(10)3-5(7)9/h3-4,10H,1-2H3. The smallest absolute Gasteiger partial charge is 0.169 e. The molecule has 0 radical (unpaired) electrons. The van der Waals surface area contributed by atoms with E-state index < -0.39 is 5.82 Å². The molecule has 4 heteroatoms. The quantitative estimate of drug-likeness (QED) is 0.735. The van der Waals surface area contributed by atoms with E-state index in [9.17, 15) is 4.39 Å². The van der Waals surface area contributed by atoms with Crippen molar-refractivity contribution in [2.75, 3.05) is 14.2 Å². The van der Waals surface area contributed by atoms with Crippen molar-refractivity contribution in [1.82, 2.24) is 0 Å². The minimum Gasteiger partial charge on any atom is -0.504 e. The molecule has 0 fully saturated rings. The van der Waals surface area contributed by atoms with Crippen molar-refractivity contribution >= 4 is 0 Å². The minimum atomic E-state index is -0.615. The van der Waals surface area contributed by atoms with Gasteiger partial charge in [0.15, 0.2) is 23.1 Å². The fraction of sp³-hybridized carbons (Fsp3) is 0.250. The van der Waals surface area contributed by atoms with Gasteiger partial charge in [-0.05, 0) is 0 Å². The van der Waals surface area contributed by atoms with Gasteiger partial charge in [-0.15, -0.1) is 0 Å². The van der Waals surface area contributed by atoms with Gasteiger partial charge in [0.25, 0.3) is 0 Å². The number of phenolic OH excluding ortho intramolecular Hbond substituents is 1. The summed E-state index contributed by atoms with van der Waals surface area (Å²) >= 11 is 0. The molecule has 3 nitrogen and oxygen atoms in total. The fourth-order valence-corrected chi connectivity index (χ4v) is 0.844. The molecule has 0 saturated heterocycles. The Morgan fingerprint density at radius 1 is 1.17 bits per heavy atom. The number of hydrogen-bond acceptors (Lipinski definition) is 3. The Morgan fingerprint density at radius 3 is 2.25 bits per heavy atom. The van der Waals surface area contributed by atoms with E-state index in [0.717, 1.165) is 6.07 Å². The lowest BCUT2D eigenvalue weighted by atomic mass is 10.3. The maximum absolute atomic E-state index is 12.8. The maximum atomic E-state index is 12.8. The SMILES string of the molecule is COc1cc(OC)c(F)cc1O. The van der Waals surface area contributed by atoms with Gasteiger partial charge in [-0.3, -0.25) is 0 Å². The van der Waals surface area contributed by atoms with Crippen molar-refractivity contribution in [3.63, 3.8) is 0 Å². The van der Waals surface area contributed by atoms with Gasteiger partial charge in [-0.25, -0.2) is 4.39 Å². The first kappa shape index (κ1) is 8.64. The zero-order valence-electron chi connectivity index (χ0n) is 6.80. The molecule has 1 aromatic carbocycles. The van der Waals surface area contributed by atoms with Crippen LogP contribution in [0.25, 0.3) is 0 Å². The van der Waals surface area contributed by atoms with Gasteiger partial charge < -0.3 is 14.6 Å². The molecule has 0 aliphatic heterocycles. The van der Waals surface area contributed by atoms with Gasteiger partial charge >= 0.3 is 0 Å². The number of benzene rings is 1. The average molecular weight is 172 g/mol. The number of methoxy groups -OCH3 is 2. The summed E-state index contributed by atoms with van der Waals surface area (Å²) < 4.78 is 22.2. The largest absolute Gasteiger partial charge is 0.504 e. The average Bonchev–Trinajstić information content (AvgIpc) is 2.05. The highest BCUT2D eigenvalue weighted by Gasteiger charge is 2.08. The Morgan fingerprint density at radius 2 is 1.75 bits per heavy atom. The molecule has 0 unspecified atom stereocenters. The van der Waals surface area contributed by atoms with Crippen LogP contribution >= 0.6 is 0 Å². The van der Waals surface area contributed by atoms with Crippen LogP contribution in [0, 0.1) is 5.82 Å². The van der Waals surface area contributed by atoms with Crippen LogP contribution in [0.15, 0.2) is 12.1 Å². The molecule has 12 heavy (non-hydrogen) atoms. The fourth-order valence-electron chi connectivity index (χ4n) is 0.844. The third kappa shape index (κ3) is 1.42. The molecule has 0 aliphatic carbocycles. The van der Waals surface area contributed by atoms with Crippen molar-refractivity contribution in [2.24, 2.45) is 0 Å². The molecule has 1 rings (SSSR count). The van der Waals surface area contributed by atoms with Crippen LogP contribution < -0.4 is 9.47 Å². The second-order valence-corrected chi connectivity index (χ2v) is 2.16. The molecule has 66 valence electrons. The summed E-state index contributed by atoms with van der Waals surface area (Å²) in [6.07, 6.45) is 0. The second kappa shape index (κ2) is 3.30. The Kier molecular flexibility index (Phi) is 2.38. The van der Waals surface area contributed by atoms with Crippen molar-refractivity contribution in [3.8, 4) is 17.2 Å². The second-order valence-electron chi connectivity index (χ2n) is 2.16.